The van der Waals surface area contributed by atoms with E-state index < -0.39 is 0 Å². The molecule has 0 unspecified atom stereocenters. The standard InChI is InChI=1S/C10H10N2O3/c1-2-15-6-3-4-8-7(5-6)9(12-14)10(13)11-8/h3-5,11,13H,2H2,1H3. The highest BCUT2D eigenvalue weighted by molar-refractivity contribution is 5.95. The molecule has 0 aliphatic carbocycles. The molecule has 2 rings (SSSR count). The number of aromatic amines is 1. The van der Waals surface area contributed by atoms with Gasteiger partial charge in [0, 0.05) is 5.39 Å². The lowest BCUT2D eigenvalue weighted by Gasteiger charge is -2.01. The largest absolute Gasteiger partial charge is 0.494 e. The SMILES string of the molecule is CCOc1ccc2[nH]c(O)c(N=O)c2c1. The zero-order chi connectivity index (χ0) is 10.8. The lowest BCUT2D eigenvalue weighted by Crippen LogP contribution is -1.90. The molecule has 1 heterocycles. The van der Waals surface area contributed by atoms with Crippen LogP contribution in [0.15, 0.2) is 23.4 Å². The molecule has 0 saturated heterocycles. The third kappa shape index (κ3) is 1.52. The van der Waals surface area contributed by atoms with E-state index in [-0.39, 0.29) is 11.6 Å². The van der Waals surface area contributed by atoms with Crippen molar-refractivity contribution in [3.05, 3.63) is 23.1 Å². The number of benzene rings is 1. The first kappa shape index (κ1) is 9.51. The van der Waals surface area contributed by atoms with Crippen molar-refractivity contribution in [2.24, 2.45) is 5.18 Å². The monoisotopic (exact) mass is 206 g/mol. The summed E-state index contributed by atoms with van der Waals surface area (Å²) < 4.78 is 5.28. The van der Waals surface area contributed by atoms with Crippen molar-refractivity contribution in [2.75, 3.05) is 6.61 Å². The molecule has 0 fully saturated rings. The summed E-state index contributed by atoms with van der Waals surface area (Å²) in [5.74, 6) is 0.433. The van der Waals surface area contributed by atoms with Crippen molar-refractivity contribution in [1.82, 2.24) is 4.98 Å². The second kappa shape index (κ2) is 3.61. The van der Waals surface area contributed by atoms with Gasteiger partial charge in [-0.25, -0.2) is 0 Å². The van der Waals surface area contributed by atoms with Crippen LogP contribution in [-0.4, -0.2) is 16.7 Å². The Morgan fingerprint density at radius 1 is 1.53 bits per heavy atom. The molecule has 0 amide bonds. The molecular formula is C10H10N2O3. The van der Waals surface area contributed by atoms with Gasteiger partial charge in [-0.2, -0.15) is 0 Å². The minimum absolute atomic E-state index is 0.0200. The van der Waals surface area contributed by atoms with E-state index in [2.05, 4.69) is 10.2 Å². The van der Waals surface area contributed by atoms with Gasteiger partial charge in [0.05, 0.1) is 12.1 Å². The Hall–Kier alpha value is -2.04. The summed E-state index contributed by atoms with van der Waals surface area (Å²) in [6, 6.07) is 5.16. The number of fused-ring (bicyclic) bond motifs is 1. The number of aromatic hydroxyl groups is 1. The topological polar surface area (TPSA) is 74.7 Å². The maximum Gasteiger partial charge on any atom is 0.219 e. The highest BCUT2D eigenvalue weighted by Gasteiger charge is 2.11. The van der Waals surface area contributed by atoms with E-state index in [1.807, 2.05) is 6.92 Å². The minimum Gasteiger partial charge on any atom is -0.494 e. The molecular weight excluding hydrogens is 196 g/mol. The summed E-state index contributed by atoms with van der Waals surface area (Å²) in [4.78, 5) is 13.2. The van der Waals surface area contributed by atoms with Gasteiger partial charge in [0.2, 0.25) is 5.88 Å². The first-order valence-electron chi connectivity index (χ1n) is 4.57. The van der Waals surface area contributed by atoms with Crippen LogP contribution < -0.4 is 4.74 Å². The Morgan fingerprint density at radius 2 is 2.33 bits per heavy atom. The molecule has 2 N–H and O–H groups in total. The summed E-state index contributed by atoms with van der Waals surface area (Å²) >= 11 is 0. The van der Waals surface area contributed by atoms with Crippen LogP contribution in [0.3, 0.4) is 0 Å². The van der Waals surface area contributed by atoms with Gasteiger partial charge in [-0.3, -0.25) is 0 Å². The van der Waals surface area contributed by atoms with Crippen LogP contribution in [0.4, 0.5) is 5.69 Å². The highest BCUT2D eigenvalue weighted by Crippen LogP contribution is 2.36. The number of ether oxygens (including phenoxy) is 1. The fourth-order valence-electron chi connectivity index (χ4n) is 1.49. The van der Waals surface area contributed by atoms with Crippen molar-refractivity contribution in [2.45, 2.75) is 6.92 Å². The molecule has 0 aliphatic heterocycles. The molecule has 1 aromatic carbocycles. The molecule has 0 aliphatic rings. The number of aromatic nitrogens is 1. The van der Waals surface area contributed by atoms with E-state index in [0.717, 1.165) is 0 Å². The van der Waals surface area contributed by atoms with Crippen LogP contribution in [0.25, 0.3) is 10.9 Å². The molecule has 0 radical (unpaired) electrons. The summed E-state index contributed by atoms with van der Waals surface area (Å²) in [7, 11) is 0. The number of nitrogens with zero attached hydrogens (tertiary/aromatic N) is 1. The van der Waals surface area contributed by atoms with Crippen LogP contribution in [0, 0.1) is 4.91 Å². The quantitative estimate of drug-likeness (QED) is 0.758. The average Bonchev–Trinajstić information content (AvgIpc) is 2.53. The van der Waals surface area contributed by atoms with Gasteiger partial charge in [-0.05, 0) is 30.3 Å². The van der Waals surface area contributed by atoms with Crippen molar-refractivity contribution in [1.29, 1.82) is 0 Å². The zero-order valence-corrected chi connectivity index (χ0v) is 8.15. The van der Waals surface area contributed by atoms with Crippen LogP contribution >= 0.6 is 0 Å². The smallest absolute Gasteiger partial charge is 0.219 e. The average molecular weight is 206 g/mol. The number of nitroso groups, excluding NO2 is 1. The van der Waals surface area contributed by atoms with Crippen molar-refractivity contribution in [3.63, 3.8) is 0 Å². The van der Waals surface area contributed by atoms with Gasteiger partial charge in [-0.1, -0.05) is 0 Å². The normalized spacial score (nSPS) is 10.5. The second-order valence-electron chi connectivity index (χ2n) is 3.05. The van der Waals surface area contributed by atoms with Crippen LogP contribution in [0.1, 0.15) is 6.92 Å². The molecule has 0 atom stereocenters. The Labute approximate surface area is 85.7 Å². The molecule has 15 heavy (non-hydrogen) atoms. The van der Waals surface area contributed by atoms with Gasteiger partial charge in [0.1, 0.15) is 5.75 Å². The van der Waals surface area contributed by atoms with E-state index in [1.165, 1.54) is 0 Å². The highest BCUT2D eigenvalue weighted by atomic mass is 16.5. The molecule has 0 spiro atoms. The summed E-state index contributed by atoms with van der Waals surface area (Å²) in [6.45, 7) is 2.42. The fraction of sp³-hybridized carbons (Fsp3) is 0.200. The van der Waals surface area contributed by atoms with Gasteiger partial charge < -0.3 is 14.8 Å². The van der Waals surface area contributed by atoms with Crippen LogP contribution in [-0.2, 0) is 0 Å². The molecule has 1 aromatic heterocycles. The third-order valence-electron chi connectivity index (χ3n) is 2.13. The number of rotatable bonds is 3. The van der Waals surface area contributed by atoms with E-state index >= 15 is 0 Å². The number of hydrogen-bond acceptors (Lipinski definition) is 4. The predicted octanol–water partition coefficient (Wildman–Crippen LogP) is 2.67. The molecule has 0 saturated carbocycles. The molecule has 5 nitrogen and oxygen atoms in total. The Kier molecular flexibility index (Phi) is 2.29. The molecule has 2 aromatic rings. The molecule has 78 valence electrons. The summed E-state index contributed by atoms with van der Waals surface area (Å²) in [6.07, 6.45) is 0. The number of hydrogen-bond donors (Lipinski definition) is 2. The molecule has 5 heteroatoms. The first-order valence-corrected chi connectivity index (χ1v) is 4.57. The van der Waals surface area contributed by atoms with Crippen molar-refractivity contribution < 1.29 is 9.84 Å². The lowest BCUT2D eigenvalue weighted by molar-refractivity contribution is 0.341. The molecule has 0 bridgehead atoms. The second-order valence-corrected chi connectivity index (χ2v) is 3.05. The van der Waals surface area contributed by atoms with Gasteiger partial charge >= 0.3 is 0 Å². The lowest BCUT2D eigenvalue weighted by atomic mass is 10.2. The third-order valence-corrected chi connectivity index (χ3v) is 2.13. The maximum atomic E-state index is 10.5. The summed E-state index contributed by atoms with van der Waals surface area (Å²) in [5, 5.41) is 12.7. The van der Waals surface area contributed by atoms with Crippen molar-refractivity contribution >= 4 is 16.6 Å². The number of nitrogens with one attached hydrogen (secondary N) is 1. The first-order chi connectivity index (χ1) is 7.26. The summed E-state index contributed by atoms with van der Waals surface area (Å²) in [5.41, 5.74) is 0.678. The van der Waals surface area contributed by atoms with Gasteiger partial charge in [0.15, 0.2) is 5.69 Å². The van der Waals surface area contributed by atoms with E-state index in [4.69, 9.17) is 4.74 Å². The predicted molar refractivity (Wildman–Crippen MR) is 56.6 cm³/mol. The van der Waals surface area contributed by atoms with E-state index in [1.54, 1.807) is 18.2 Å². The van der Waals surface area contributed by atoms with E-state index in [9.17, 15) is 10.0 Å². The van der Waals surface area contributed by atoms with Crippen LogP contribution in [0.2, 0.25) is 0 Å². The van der Waals surface area contributed by atoms with E-state index in [0.29, 0.717) is 23.3 Å². The number of H-pyrrole nitrogens is 1. The maximum absolute atomic E-state index is 10.5. The Bertz CT molecular complexity index is 505. The van der Waals surface area contributed by atoms with Crippen molar-refractivity contribution in [3.8, 4) is 11.6 Å². The Morgan fingerprint density at radius 3 is 3.00 bits per heavy atom. The van der Waals surface area contributed by atoms with Crippen LogP contribution in [0.5, 0.6) is 11.6 Å². The van der Waals surface area contributed by atoms with Gasteiger partial charge in [-0.15, -0.1) is 4.91 Å². The fourth-order valence-corrected chi connectivity index (χ4v) is 1.49. The Balaban J connectivity index is 2.62. The van der Waals surface area contributed by atoms with Gasteiger partial charge in [0.25, 0.3) is 0 Å². The minimum atomic E-state index is -0.214. The zero-order valence-electron chi connectivity index (χ0n) is 8.15.